The third-order valence-corrected chi connectivity index (χ3v) is 9.18. The van der Waals surface area contributed by atoms with Gasteiger partial charge in [-0.05, 0) is 32.9 Å². The Balaban J connectivity index is 1.88. The molecular formula is C17H19Cl2N5O3S3. The predicted molar refractivity (Wildman–Crippen MR) is 124 cm³/mol. The summed E-state index contributed by atoms with van der Waals surface area (Å²) in [6, 6.07) is 5.12. The fourth-order valence-corrected chi connectivity index (χ4v) is 6.02. The Bertz CT molecular complexity index is 1170. The topological polar surface area (TPSA) is 107 Å². The number of thiophene rings is 1. The zero-order valence-corrected chi connectivity index (χ0v) is 20.4. The Morgan fingerprint density at radius 1 is 1.10 bits per heavy atom. The number of nitrogens with zero attached hydrogens (tertiary/aromatic N) is 3. The molecule has 0 aliphatic heterocycles. The van der Waals surface area contributed by atoms with Gasteiger partial charge in [0.25, 0.3) is 10.0 Å². The summed E-state index contributed by atoms with van der Waals surface area (Å²) >= 11 is 14.1. The van der Waals surface area contributed by atoms with Crippen LogP contribution in [0.5, 0.6) is 5.75 Å². The van der Waals surface area contributed by atoms with E-state index in [0.717, 1.165) is 23.1 Å². The van der Waals surface area contributed by atoms with Crippen LogP contribution in [0, 0.1) is 0 Å². The van der Waals surface area contributed by atoms with Crippen molar-refractivity contribution in [1.82, 2.24) is 13.1 Å². The highest BCUT2D eigenvalue weighted by molar-refractivity contribution is 7.91. The van der Waals surface area contributed by atoms with Gasteiger partial charge in [-0.25, -0.2) is 8.42 Å². The summed E-state index contributed by atoms with van der Waals surface area (Å²) in [7, 11) is -2.40. The van der Waals surface area contributed by atoms with Gasteiger partial charge in [-0.1, -0.05) is 29.3 Å². The van der Waals surface area contributed by atoms with Gasteiger partial charge in [0.15, 0.2) is 21.6 Å². The van der Waals surface area contributed by atoms with Gasteiger partial charge in [0.1, 0.15) is 0 Å². The van der Waals surface area contributed by atoms with Gasteiger partial charge in [-0.3, -0.25) is 0 Å². The molecule has 3 N–H and O–H groups in total. The lowest BCUT2D eigenvalue weighted by molar-refractivity contribution is 0.291. The molecule has 0 unspecified atom stereocenters. The van der Waals surface area contributed by atoms with E-state index in [4.69, 9.17) is 23.2 Å². The van der Waals surface area contributed by atoms with Crippen LogP contribution in [0.25, 0.3) is 0 Å². The summed E-state index contributed by atoms with van der Waals surface area (Å²) in [6.45, 7) is 5.32. The second kappa shape index (κ2) is 8.48. The van der Waals surface area contributed by atoms with Crippen molar-refractivity contribution in [2.75, 3.05) is 17.7 Å². The molecule has 0 radical (unpaired) electrons. The van der Waals surface area contributed by atoms with Gasteiger partial charge in [0.2, 0.25) is 0 Å². The molecule has 0 spiro atoms. The van der Waals surface area contributed by atoms with Crippen LogP contribution in [-0.4, -0.2) is 39.2 Å². The van der Waals surface area contributed by atoms with E-state index in [2.05, 4.69) is 19.4 Å². The lowest BCUT2D eigenvalue weighted by Gasteiger charge is -2.30. The molecule has 0 bridgehead atoms. The van der Waals surface area contributed by atoms with Crippen LogP contribution in [0.1, 0.15) is 20.8 Å². The van der Waals surface area contributed by atoms with Gasteiger partial charge in [0, 0.05) is 18.0 Å². The number of benzene rings is 1. The smallest absolute Gasteiger partial charge is 0.256 e. The number of anilines is 4. The summed E-state index contributed by atoms with van der Waals surface area (Å²) in [5.74, 6) is 0.277. The van der Waals surface area contributed by atoms with E-state index in [9.17, 15) is 13.5 Å². The minimum absolute atomic E-state index is 0.155. The first kappa shape index (κ1) is 23.0. The third-order valence-electron chi connectivity index (χ3n) is 4.22. The summed E-state index contributed by atoms with van der Waals surface area (Å²) in [4.78, 5) is 0. The number of nitrogens with one attached hydrogen (secondary N) is 2. The van der Waals surface area contributed by atoms with Gasteiger partial charge in [-0.2, -0.15) is 13.1 Å². The zero-order chi connectivity index (χ0) is 22.3. The molecule has 0 aliphatic rings. The number of hydrogen-bond donors (Lipinski definition) is 3. The fraction of sp³-hybridized carbons (Fsp3) is 0.294. The molecule has 0 atom stereocenters. The van der Waals surface area contributed by atoms with Crippen molar-refractivity contribution in [3.63, 3.8) is 0 Å². The van der Waals surface area contributed by atoms with E-state index in [1.807, 2.05) is 0 Å². The van der Waals surface area contributed by atoms with E-state index in [1.54, 1.807) is 39.0 Å². The maximum Gasteiger partial charge on any atom is 0.256 e. The van der Waals surface area contributed by atoms with Crippen molar-refractivity contribution in [2.45, 2.75) is 30.5 Å². The van der Waals surface area contributed by atoms with Gasteiger partial charge in [-0.15, -0.1) is 11.3 Å². The molecule has 8 nitrogen and oxygen atoms in total. The van der Waals surface area contributed by atoms with Crippen molar-refractivity contribution < 1.29 is 13.5 Å². The van der Waals surface area contributed by atoms with E-state index in [1.165, 1.54) is 16.7 Å². The van der Waals surface area contributed by atoms with Crippen LogP contribution < -0.4 is 10.6 Å². The predicted octanol–water partition coefficient (Wildman–Crippen LogP) is 5.52. The molecule has 1 aromatic carbocycles. The monoisotopic (exact) mass is 507 g/mol. The molecule has 0 fully saturated rings. The number of hydrogen-bond acceptors (Lipinski definition) is 9. The lowest BCUT2D eigenvalue weighted by atomic mass is 10.1. The molecule has 162 valence electrons. The van der Waals surface area contributed by atoms with E-state index in [0.29, 0.717) is 27.4 Å². The molecule has 0 saturated heterocycles. The van der Waals surface area contributed by atoms with Crippen molar-refractivity contribution in [3.8, 4) is 5.75 Å². The van der Waals surface area contributed by atoms with Gasteiger partial charge < -0.3 is 15.7 Å². The first-order chi connectivity index (χ1) is 13.9. The Labute approximate surface area is 192 Å². The van der Waals surface area contributed by atoms with Gasteiger partial charge in [0.05, 0.1) is 33.1 Å². The molecule has 0 aliphatic carbocycles. The van der Waals surface area contributed by atoms with Crippen molar-refractivity contribution >= 4 is 79.3 Å². The van der Waals surface area contributed by atoms with Crippen molar-refractivity contribution in [3.05, 3.63) is 33.6 Å². The van der Waals surface area contributed by atoms with Gasteiger partial charge >= 0.3 is 0 Å². The first-order valence-electron chi connectivity index (χ1n) is 8.53. The largest absolute Gasteiger partial charge is 0.504 e. The van der Waals surface area contributed by atoms with Crippen LogP contribution in [0.2, 0.25) is 10.0 Å². The Hall–Kier alpha value is -1.63. The molecule has 3 rings (SSSR count). The second-order valence-corrected chi connectivity index (χ2v) is 11.6. The quantitative estimate of drug-likeness (QED) is 0.403. The molecule has 0 amide bonds. The van der Waals surface area contributed by atoms with E-state index in [-0.39, 0.29) is 15.6 Å². The minimum Gasteiger partial charge on any atom is -0.504 e. The Morgan fingerprint density at radius 3 is 2.30 bits per heavy atom. The normalized spacial score (nSPS) is 12.4. The number of halogens is 2. The molecule has 2 heterocycles. The highest BCUT2D eigenvalue weighted by Gasteiger charge is 2.34. The average Bonchev–Trinajstić information content (AvgIpc) is 3.25. The SMILES string of the molecule is CN(C(C)(C)C)S(=O)(=O)c1scc(Nc2nsnc2Nc2cccc(Cl)c2Cl)c1O. The Morgan fingerprint density at radius 2 is 1.70 bits per heavy atom. The lowest BCUT2D eigenvalue weighted by Crippen LogP contribution is -2.42. The summed E-state index contributed by atoms with van der Waals surface area (Å²) in [5, 5.41) is 18.7. The number of aromatic hydroxyl groups is 1. The summed E-state index contributed by atoms with van der Waals surface area (Å²) < 4.78 is 35.1. The molecular weight excluding hydrogens is 489 g/mol. The van der Waals surface area contributed by atoms with Crippen molar-refractivity contribution in [2.24, 2.45) is 0 Å². The minimum atomic E-state index is -3.87. The van der Waals surface area contributed by atoms with E-state index >= 15 is 0 Å². The van der Waals surface area contributed by atoms with Crippen LogP contribution in [0.3, 0.4) is 0 Å². The zero-order valence-electron chi connectivity index (χ0n) is 16.4. The summed E-state index contributed by atoms with van der Waals surface area (Å²) in [5.41, 5.74) is 0.0907. The third kappa shape index (κ3) is 4.51. The fourth-order valence-electron chi connectivity index (χ4n) is 2.30. The molecule has 13 heteroatoms. The molecule has 30 heavy (non-hydrogen) atoms. The molecule has 0 saturated carbocycles. The van der Waals surface area contributed by atoms with Crippen LogP contribution in [0.15, 0.2) is 27.8 Å². The van der Waals surface area contributed by atoms with E-state index < -0.39 is 15.6 Å². The first-order valence-corrected chi connectivity index (χ1v) is 12.3. The second-order valence-electron chi connectivity index (χ2n) is 7.24. The van der Waals surface area contributed by atoms with Crippen LogP contribution >= 0.6 is 46.3 Å². The average molecular weight is 508 g/mol. The maximum absolute atomic E-state index is 12.9. The van der Waals surface area contributed by atoms with Crippen LogP contribution in [0.4, 0.5) is 23.0 Å². The maximum atomic E-state index is 12.9. The highest BCUT2D eigenvalue weighted by Crippen LogP contribution is 2.42. The molecule has 2 aromatic heterocycles. The Kier molecular flexibility index (Phi) is 6.51. The number of sulfonamides is 1. The molecule has 3 aromatic rings. The standard InChI is InChI=1S/C17H19Cl2N5O3S3/c1-17(2,3)24(4)30(26,27)16-13(25)11(8-28-16)21-15-14(22-29-23-15)20-10-7-5-6-9(18)12(10)19/h5-8,25H,1-4H3,(H,20,22)(H,21,23). The van der Waals surface area contributed by atoms with Crippen LogP contribution in [-0.2, 0) is 10.0 Å². The van der Waals surface area contributed by atoms with Crippen molar-refractivity contribution in [1.29, 1.82) is 0 Å². The number of rotatable bonds is 6. The summed E-state index contributed by atoms with van der Waals surface area (Å²) in [6.07, 6.45) is 0. The highest BCUT2D eigenvalue weighted by atomic mass is 35.5. The number of aromatic nitrogens is 2.